The molecule has 30 valence electrons. The summed E-state index contributed by atoms with van der Waals surface area (Å²) in [6.07, 6.45) is 2.67. The summed E-state index contributed by atoms with van der Waals surface area (Å²) in [5.41, 5.74) is 0. The topological polar surface area (TPSA) is 14.1 Å². The van der Waals surface area contributed by atoms with Gasteiger partial charge in [0.05, 0.1) is 0 Å². The largest absolute Gasteiger partial charge is 0.662 e. The Labute approximate surface area is 32.4 Å². The summed E-state index contributed by atoms with van der Waals surface area (Å²) < 4.78 is 0. The van der Waals surface area contributed by atoms with E-state index in [4.69, 9.17) is 0 Å². The van der Waals surface area contributed by atoms with Crippen LogP contribution in [0.3, 0.4) is 0 Å². The fraction of sp³-hybridized carbons (Fsp3) is 1.00. The fourth-order valence-corrected chi connectivity index (χ4v) is 0.559. The van der Waals surface area contributed by atoms with Crippen molar-refractivity contribution in [1.82, 2.24) is 0 Å². The van der Waals surface area contributed by atoms with Gasteiger partial charge >= 0.3 is 0 Å². The Bertz CT molecular complexity index is 15.2. The van der Waals surface area contributed by atoms with E-state index in [0.29, 0.717) is 0 Å². The SMILES string of the molecule is C1CC[N-]C1. The average Bonchev–Trinajstić information content (AvgIpc) is 1.76. The van der Waals surface area contributed by atoms with Gasteiger partial charge in [0.1, 0.15) is 0 Å². The van der Waals surface area contributed by atoms with E-state index < -0.39 is 0 Å². The van der Waals surface area contributed by atoms with E-state index in [2.05, 4.69) is 5.32 Å². The lowest BCUT2D eigenvalue weighted by molar-refractivity contribution is 0.949. The smallest absolute Gasteiger partial charge is 0.0739 e. The second kappa shape index (κ2) is 1.41. The van der Waals surface area contributed by atoms with Gasteiger partial charge in [-0.1, -0.05) is 12.8 Å². The van der Waals surface area contributed by atoms with Gasteiger partial charge in [0.25, 0.3) is 0 Å². The van der Waals surface area contributed by atoms with Crippen molar-refractivity contribution in [2.45, 2.75) is 12.8 Å². The molecule has 1 nitrogen and oxygen atoms in total. The molecule has 0 bridgehead atoms. The molecule has 1 saturated heterocycles. The normalized spacial score (nSPS) is 24.0. The highest BCUT2D eigenvalue weighted by molar-refractivity contribution is 4.85. The average molecular weight is 70.1 g/mol. The van der Waals surface area contributed by atoms with Crippen molar-refractivity contribution in [3.05, 3.63) is 5.32 Å². The Morgan fingerprint density at radius 1 is 1.00 bits per heavy atom. The molecule has 0 aromatic carbocycles. The minimum absolute atomic E-state index is 1.12. The molecule has 1 fully saturated rings. The molecular weight excluding hydrogens is 62.1 g/mol. The minimum Gasteiger partial charge on any atom is -0.662 e. The lowest BCUT2D eigenvalue weighted by Gasteiger charge is -1.99. The van der Waals surface area contributed by atoms with E-state index in [1.54, 1.807) is 0 Å². The van der Waals surface area contributed by atoms with Crippen molar-refractivity contribution in [2.75, 3.05) is 13.1 Å². The molecule has 0 radical (unpaired) electrons. The van der Waals surface area contributed by atoms with E-state index in [1.165, 1.54) is 12.8 Å². The van der Waals surface area contributed by atoms with Gasteiger partial charge < -0.3 is 5.32 Å². The van der Waals surface area contributed by atoms with Crippen LogP contribution in [0.25, 0.3) is 5.32 Å². The Kier molecular flexibility index (Phi) is 0.892. The quantitative estimate of drug-likeness (QED) is 0.406. The van der Waals surface area contributed by atoms with Crippen LogP contribution < -0.4 is 0 Å². The van der Waals surface area contributed by atoms with Gasteiger partial charge in [0, 0.05) is 0 Å². The molecule has 1 aliphatic rings. The maximum Gasteiger partial charge on any atom is -0.0739 e. The zero-order chi connectivity index (χ0) is 3.54. The first-order chi connectivity index (χ1) is 2.50. The van der Waals surface area contributed by atoms with Crippen molar-refractivity contribution in [3.8, 4) is 0 Å². The molecule has 0 spiro atoms. The first-order valence-electron chi connectivity index (χ1n) is 2.13. The molecule has 0 aromatic rings. The number of hydrogen-bond acceptors (Lipinski definition) is 0. The molecular formula is C4H8N-. The summed E-state index contributed by atoms with van der Waals surface area (Å²) in [5.74, 6) is 0. The van der Waals surface area contributed by atoms with Gasteiger partial charge in [-0.25, -0.2) is 0 Å². The van der Waals surface area contributed by atoms with Crippen LogP contribution in [0.1, 0.15) is 12.8 Å². The number of hydrogen-bond donors (Lipinski definition) is 0. The molecule has 0 saturated carbocycles. The highest BCUT2D eigenvalue weighted by Crippen LogP contribution is 2.05. The molecule has 0 unspecified atom stereocenters. The highest BCUT2D eigenvalue weighted by atomic mass is 14.9. The zero-order valence-corrected chi connectivity index (χ0v) is 3.28. The summed E-state index contributed by atoms with van der Waals surface area (Å²) >= 11 is 0. The van der Waals surface area contributed by atoms with Crippen LogP contribution in [0, 0.1) is 0 Å². The van der Waals surface area contributed by atoms with Crippen LogP contribution in [0.5, 0.6) is 0 Å². The second-order valence-electron chi connectivity index (χ2n) is 1.38. The maximum atomic E-state index is 4.08. The molecule has 1 heteroatoms. The first-order valence-corrected chi connectivity index (χ1v) is 2.13. The van der Waals surface area contributed by atoms with Crippen molar-refractivity contribution >= 4 is 0 Å². The maximum absolute atomic E-state index is 4.08. The standard InChI is InChI=1S/C4H8N/c1-2-4-5-3-1/h1-4H2/q-1. The predicted molar refractivity (Wildman–Crippen MR) is 22.3 cm³/mol. The van der Waals surface area contributed by atoms with Gasteiger partial charge in [0.15, 0.2) is 0 Å². The van der Waals surface area contributed by atoms with Crippen molar-refractivity contribution in [3.63, 3.8) is 0 Å². The van der Waals surface area contributed by atoms with Crippen LogP contribution in [-0.2, 0) is 0 Å². The van der Waals surface area contributed by atoms with Crippen molar-refractivity contribution < 1.29 is 0 Å². The Morgan fingerprint density at radius 2 is 1.60 bits per heavy atom. The van der Waals surface area contributed by atoms with Crippen LogP contribution >= 0.6 is 0 Å². The van der Waals surface area contributed by atoms with E-state index in [1.807, 2.05) is 0 Å². The van der Waals surface area contributed by atoms with Crippen molar-refractivity contribution in [2.24, 2.45) is 0 Å². The van der Waals surface area contributed by atoms with Crippen molar-refractivity contribution in [1.29, 1.82) is 0 Å². The minimum atomic E-state index is 1.12. The van der Waals surface area contributed by atoms with Gasteiger partial charge in [-0.15, -0.1) is 13.1 Å². The predicted octanol–water partition coefficient (Wildman–Crippen LogP) is 1.15. The molecule has 0 atom stereocenters. The van der Waals surface area contributed by atoms with E-state index in [-0.39, 0.29) is 0 Å². The summed E-state index contributed by atoms with van der Waals surface area (Å²) in [7, 11) is 0. The van der Waals surface area contributed by atoms with Gasteiger partial charge in [-0.05, 0) is 0 Å². The molecule has 0 aliphatic carbocycles. The first kappa shape index (κ1) is 3.16. The van der Waals surface area contributed by atoms with Crippen LogP contribution in [-0.4, -0.2) is 13.1 Å². The lowest BCUT2D eigenvalue weighted by atomic mass is 10.4. The summed E-state index contributed by atoms with van der Waals surface area (Å²) in [6.45, 7) is 2.25. The summed E-state index contributed by atoms with van der Waals surface area (Å²) in [4.78, 5) is 0. The number of nitrogens with zero attached hydrogens (tertiary/aromatic N) is 1. The summed E-state index contributed by atoms with van der Waals surface area (Å²) in [5, 5.41) is 4.08. The third kappa shape index (κ3) is 0.618. The van der Waals surface area contributed by atoms with E-state index in [9.17, 15) is 0 Å². The Morgan fingerprint density at radius 3 is 1.80 bits per heavy atom. The summed E-state index contributed by atoms with van der Waals surface area (Å²) in [6, 6.07) is 0. The van der Waals surface area contributed by atoms with Gasteiger partial charge in [-0.2, -0.15) is 0 Å². The monoisotopic (exact) mass is 70.1 g/mol. The Balaban J connectivity index is 2.08. The lowest BCUT2D eigenvalue weighted by Crippen LogP contribution is -1.62. The third-order valence-corrected chi connectivity index (χ3v) is 0.882. The molecule has 0 aromatic heterocycles. The van der Waals surface area contributed by atoms with E-state index in [0.717, 1.165) is 13.1 Å². The zero-order valence-electron chi connectivity index (χ0n) is 3.28. The molecule has 1 heterocycles. The van der Waals surface area contributed by atoms with E-state index >= 15 is 0 Å². The number of rotatable bonds is 0. The fourth-order valence-electron chi connectivity index (χ4n) is 0.559. The molecule has 1 aliphatic heterocycles. The molecule has 5 heavy (non-hydrogen) atoms. The Hall–Kier alpha value is -0.0400. The highest BCUT2D eigenvalue weighted by Gasteiger charge is 1.80. The second-order valence-corrected chi connectivity index (χ2v) is 1.38. The molecule has 0 N–H and O–H groups in total. The van der Waals surface area contributed by atoms with Crippen LogP contribution in [0.4, 0.5) is 0 Å². The van der Waals surface area contributed by atoms with Crippen LogP contribution in [0.2, 0.25) is 0 Å². The van der Waals surface area contributed by atoms with Crippen LogP contribution in [0.15, 0.2) is 0 Å². The molecule has 1 rings (SSSR count). The third-order valence-electron chi connectivity index (χ3n) is 0.882. The van der Waals surface area contributed by atoms with Gasteiger partial charge in [0.2, 0.25) is 0 Å². The molecule has 0 amide bonds. The van der Waals surface area contributed by atoms with Gasteiger partial charge in [-0.3, -0.25) is 0 Å².